The van der Waals surface area contributed by atoms with Crippen LogP contribution < -0.4 is 0 Å². The van der Waals surface area contributed by atoms with Crippen LogP contribution in [0.3, 0.4) is 0 Å². The summed E-state index contributed by atoms with van der Waals surface area (Å²) in [6.07, 6.45) is 5.68. The van der Waals surface area contributed by atoms with Crippen LogP contribution in [0.5, 0.6) is 5.75 Å². The van der Waals surface area contributed by atoms with Crippen molar-refractivity contribution in [3.05, 3.63) is 30.0 Å². The van der Waals surface area contributed by atoms with Crippen LogP contribution in [0.2, 0.25) is 0 Å². The second-order valence-electron chi connectivity index (χ2n) is 4.20. The van der Waals surface area contributed by atoms with Gasteiger partial charge in [-0.15, -0.1) is 0 Å². The fraction of sp³-hybridized carbons (Fsp3) is 0.333. The molecule has 0 bridgehead atoms. The minimum atomic E-state index is 0.402. The third-order valence-corrected chi connectivity index (χ3v) is 2.93. The molecule has 0 unspecified atom stereocenters. The number of hydrogen-bond donors (Lipinski definition) is 2. The number of nitrogens with one attached hydrogen (secondary N) is 1. The maximum Gasteiger partial charge on any atom is 0.125 e. The quantitative estimate of drug-likeness (QED) is 0.745. The Hall–Kier alpha value is -1.44. The summed E-state index contributed by atoms with van der Waals surface area (Å²) in [6, 6.07) is 5.95. The molecule has 1 aromatic heterocycles. The Bertz CT molecular complexity index is 468. The minimum absolute atomic E-state index is 0.402. The second kappa shape index (κ2) is 2.77. The van der Waals surface area contributed by atoms with Gasteiger partial charge in [0.25, 0.3) is 0 Å². The van der Waals surface area contributed by atoms with E-state index in [9.17, 15) is 5.11 Å². The summed E-state index contributed by atoms with van der Waals surface area (Å²) in [7, 11) is 0. The Labute approximate surface area is 82.6 Å². The van der Waals surface area contributed by atoms with Gasteiger partial charge in [-0.1, -0.05) is 0 Å². The molecule has 1 aliphatic carbocycles. The van der Waals surface area contributed by atoms with Crippen molar-refractivity contribution in [2.45, 2.75) is 19.3 Å². The zero-order chi connectivity index (χ0) is 9.54. The Kier molecular flexibility index (Phi) is 1.57. The lowest BCUT2D eigenvalue weighted by Crippen LogP contribution is -1.86. The largest absolute Gasteiger partial charge is 0.507 e. The van der Waals surface area contributed by atoms with Crippen molar-refractivity contribution < 1.29 is 5.11 Å². The van der Waals surface area contributed by atoms with E-state index in [1.165, 1.54) is 18.4 Å². The zero-order valence-corrected chi connectivity index (χ0v) is 7.96. The van der Waals surface area contributed by atoms with Gasteiger partial charge in [0.2, 0.25) is 0 Å². The van der Waals surface area contributed by atoms with Crippen LogP contribution in [-0.4, -0.2) is 10.1 Å². The van der Waals surface area contributed by atoms with Crippen LogP contribution in [0.25, 0.3) is 10.9 Å². The molecule has 0 aliphatic heterocycles. The second-order valence-corrected chi connectivity index (χ2v) is 4.20. The van der Waals surface area contributed by atoms with E-state index < -0.39 is 0 Å². The van der Waals surface area contributed by atoms with E-state index in [1.807, 2.05) is 18.3 Å². The van der Waals surface area contributed by atoms with Crippen molar-refractivity contribution in [3.8, 4) is 5.75 Å². The highest BCUT2D eigenvalue weighted by Gasteiger charge is 2.21. The molecule has 0 saturated heterocycles. The molecule has 72 valence electrons. The zero-order valence-electron chi connectivity index (χ0n) is 7.96. The molecule has 2 nitrogen and oxygen atoms in total. The van der Waals surface area contributed by atoms with Crippen LogP contribution in [0.1, 0.15) is 18.4 Å². The Morgan fingerprint density at radius 3 is 3.00 bits per heavy atom. The summed E-state index contributed by atoms with van der Waals surface area (Å²) in [5.41, 5.74) is 2.29. The Morgan fingerprint density at radius 2 is 2.21 bits per heavy atom. The minimum Gasteiger partial charge on any atom is -0.507 e. The summed E-state index contributed by atoms with van der Waals surface area (Å²) < 4.78 is 0. The predicted molar refractivity (Wildman–Crippen MR) is 56.4 cm³/mol. The van der Waals surface area contributed by atoms with Gasteiger partial charge in [-0.3, -0.25) is 0 Å². The summed E-state index contributed by atoms with van der Waals surface area (Å²) in [6.45, 7) is 0. The highest BCUT2D eigenvalue weighted by atomic mass is 16.3. The van der Waals surface area contributed by atoms with Gasteiger partial charge >= 0.3 is 0 Å². The molecular weight excluding hydrogens is 174 g/mol. The molecule has 2 aromatic rings. The Balaban J connectivity index is 2.06. The first-order valence-electron chi connectivity index (χ1n) is 5.12. The fourth-order valence-electron chi connectivity index (χ4n) is 1.98. The number of rotatable bonds is 2. The first-order valence-corrected chi connectivity index (χ1v) is 5.12. The Morgan fingerprint density at radius 1 is 1.36 bits per heavy atom. The molecule has 0 amide bonds. The smallest absolute Gasteiger partial charge is 0.125 e. The molecule has 1 saturated carbocycles. The molecular formula is C12H13NO. The number of phenols is 1. The average molecular weight is 187 g/mol. The van der Waals surface area contributed by atoms with E-state index in [1.54, 1.807) is 0 Å². The van der Waals surface area contributed by atoms with Gasteiger partial charge in [-0.05, 0) is 48.9 Å². The van der Waals surface area contributed by atoms with Crippen LogP contribution in [0.15, 0.2) is 24.4 Å². The molecule has 1 fully saturated rings. The molecule has 2 N–H and O–H groups in total. The summed E-state index contributed by atoms with van der Waals surface area (Å²) in [4.78, 5) is 3.13. The van der Waals surface area contributed by atoms with Crippen molar-refractivity contribution in [2.24, 2.45) is 5.92 Å². The summed E-state index contributed by atoms with van der Waals surface area (Å²) >= 11 is 0. The molecule has 2 heteroatoms. The van der Waals surface area contributed by atoms with Gasteiger partial charge in [0.15, 0.2) is 0 Å². The van der Waals surface area contributed by atoms with Crippen LogP contribution >= 0.6 is 0 Å². The van der Waals surface area contributed by atoms with E-state index in [0.29, 0.717) is 5.75 Å². The SMILES string of the molecule is Oc1cc(CC2CC2)cc2[nH]ccc12. The predicted octanol–water partition coefficient (Wildman–Crippen LogP) is 2.83. The van der Waals surface area contributed by atoms with Crippen molar-refractivity contribution in [1.82, 2.24) is 4.98 Å². The monoisotopic (exact) mass is 187 g/mol. The van der Waals surface area contributed by atoms with E-state index >= 15 is 0 Å². The molecule has 0 atom stereocenters. The lowest BCUT2D eigenvalue weighted by molar-refractivity contribution is 0.481. The highest BCUT2D eigenvalue weighted by Crippen LogP contribution is 2.34. The van der Waals surface area contributed by atoms with Crippen molar-refractivity contribution in [1.29, 1.82) is 0 Å². The van der Waals surface area contributed by atoms with E-state index in [2.05, 4.69) is 11.1 Å². The molecule has 1 aromatic carbocycles. The van der Waals surface area contributed by atoms with Crippen molar-refractivity contribution in [2.75, 3.05) is 0 Å². The number of aromatic hydroxyl groups is 1. The molecule has 1 heterocycles. The fourth-order valence-corrected chi connectivity index (χ4v) is 1.98. The lowest BCUT2D eigenvalue weighted by atomic mass is 10.1. The first kappa shape index (κ1) is 7.92. The molecule has 3 rings (SSSR count). The number of aromatic amines is 1. The van der Waals surface area contributed by atoms with E-state index in [-0.39, 0.29) is 0 Å². The maximum absolute atomic E-state index is 9.75. The average Bonchev–Trinajstić information content (AvgIpc) is 2.82. The van der Waals surface area contributed by atoms with Gasteiger partial charge in [0, 0.05) is 17.1 Å². The standard InChI is InChI=1S/C12H13NO/c14-12-7-9(5-8-1-2-8)6-11-10(12)3-4-13-11/h3-4,6-8,13-14H,1-2,5H2. The van der Waals surface area contributed by atoms with Gasteiger partial charge < -0.3 is 10.1 Å². The number of hydrogen-bond acceptors (Lipinski definition) is 1. The van der Waals surface area contributed by atoms with Gasteiger partial charge in [-0.25, -0.2) is 0 Å². The van der Waals surface area contributed by atoms with Gasteiger partial charge in [0.1, 0.15) is 5.75 Å². The van der Waals surface area contributed by atoms with Crippen molar-refractivity contribution in [3.63, 3.8) is 0 Å². The number of fused-ring (bicyclic) bond motifs is 1. The molecule has 14 heavy (non-hydrogen) atoms. The molecule has 0 spiro atoms. The van der Waals surface area contributed by atoms with Crippen molar-refractivity contribution >= 4 is 10.9 Å². The molecule has 1 aliphatic rings. The summed E-state index contributed by atoms with van der Waals surface area (Å²) in [5.74, 6) is 1.27. The number of phenolic OH excluding ortho intramolecular Hbond substituents is 1. The van der Waals surface area contributed by atoms with Gasteiger partial charge in [0.05, 0.1) is 0 Å². The number of H-pyrrole nitrogens is 1. The van der Waals surface area contributed by atoms with Crippen LogP contribution in [0.4, 0.5) is 0 Å². The molecule has 0 radical (unpaired) electrons. The van der Waals surface area contributed by atoms with E-state index in [0.717, 1.165) is 23.2 Å². The van der Waals surface area contributed by atoms with E-state index in [4.69, 9.17) is 0 Å². The first-order chi connectivity index (χ1) is 6.83. The number of benzene rings is 1. The van der Waals surface area contributed by atoms with Crippen LogP contribution in [0, 0.1) is 5.92 Å². The normalized spacial score (nSPS) is 16.3. The summed E-state index contributed by atoms with van der Waals surface area (Å²) in [5, 5.41) is 10.7. The number of aromatic nitrogens is 1. The third-order valence-electron chi connectivity index (χ3n) is 2.93. The van der Waals surface area contributed by atoms with Gasteiger partial charge in [-0.2, -0.15) is 0 Å². The van der Waals surface area contributed by atoms with Crippen LogP contribution in [-0.2, 0) is 6.42 Å². The highest BCUT2D eigenvalue weighted by molar-refractivity contribution is 5.86. The lowest BCUT2D eigenvalue weighted by Gasteiger charge is -2.02. The third kappa shape index (κ3) is 1.27. The topological polar surface area (TPSA) is 36.0 Å². The maximum atomic E-state index is 9.75.